The molecule has 1 aliphatic heterocycles. The Morgan fingerprint density at radius 3 is 2.65 bits per heavy atom. The van der Waals surface area contributed by atoms with Crippen molar-refractivity contribution in [2.24, 2.45) is 0 Å². The molecule has 0 radical (unpaired) electrons. The average Bonchev–Trinajstić information content (AvgIpc) is 3.00. The summed E-state index contributed by atoms with van der Waals surface area (Å²) in [5.74, 6) is 2.17. The molecule has 1 amide bonds. The maximum atomic E-state index is 11.8. The molecule has 0 aliphatic carbocycles. The standard InChI is InChI=1S/C17H23N5O/c1-4-16(23)22-7-5-13(6-8-22)14-9-15(21-12(3)20-14)17-18-10-11(2)19-17/h9-10,13H,4-8H2,1-3H3,(H,18,19). The van der Waals surface area contributed by atoms with E-state index in [1.54, 1.807) is 6.20 Å². The van der Waals surface area contributed by atoms with Gasteiger partial charge in [0.05, 0.1) is 0 Å². The monoisotopic (exact) mass is 313 g/mol. The summed E-state index contributed by atoms with van der Waals surface area (Å²) in [5, 5.41) is 0. The number of amides is 1. The Morgan fingerprint density at radius 2 is 2.04 bits per heavy atom. The Morgan fingerprint density at radius 1 is 1.30 bits per heavy atom. The first-order valence-corrected chi connectivity index (χ1v) is 8.22. The first-order chi connectivity index (χ1) is 11.1. The molecule has 2 aromatic rings. The van der Waals surface area contributed by atoms with Gasteiger partial charge in [-0.3, -0.25) is 4.79 Å². The summed E-state index contributed by atoms with van der Waals surface area (Å²) in [5.41, 5.74) is 2.92. The number of carbonyl (C=O) groups excluding carboxylic acids is 1. The van der Waals surface area contributed by atoms with Crippen molar-refractivity contribution in [3.63, 3.8) is 0 Å². The maximum absolute atomic E-state index is 11.8. The molecule has 0 aromatic carbocycles. The molecule has 1 aliphatic rings. The van der Waals surface area contributed by atoms with Gasteiger partial charge in [-0.2, -0.15) is 0 Å². The lowest BCUT2D eigenvalue weighted by Gasteiger charge is -2.31. The number of H-pyrrole nitrogens is 1. The van der Waals surface area contributed by atoms with Crippen LogP contribution in [0, 0.1) is 13.8 Å². The smallest absolute Gasteiger partial charge is 0.222 e. The highest BCUT2D eigenvalue weighted by Gasteiger charge is 2.24. The van der Waals surface area contributed by atoms with Crippen LogP contribution in [0.4, 0.5) is 0 Å². The van der Waals surface area contributed by atoms with Gasteiger partial charge in [0.2, 0.25) is 5.91 Å². The van der Waals surface area contributed by atoms with E-state index in [4.69, 9.17) is 0 Å². The molecule has 6 nitrogen and oxygen atoms in total. The van der Waals surface area contributed by atoms with Gasteiger partial charge >= 0.3 is 0 Å². The summed E-state index contributed by atoms with van der Waals surface area (Å²) in [4.78, 5) is 30.5. The first-order valence-electron chi connectivity index (χ1n) is 8.22. The van der Waals surface area contributed by atoms with E-state index in [0.29, 0.717) is 12.3 Å². The van der Waals surface area contributed by atoms with Crippen LogP contribution in [0.15, 0.2) is 12.3 Å². The molecule has 1 saturated heterocycles. The highest BCUT2D eigenvalue weighted by molar-refractivity contribution is 5.75. The van der Waals surface area contributed by atoms with Crippen LogP contribution in [0.3, 0.4) is 0 Å². The molecule has 0 saturated carbocycles. The summed E-state index contributed by atoms with van der Waals surface area (Å²) in [6, 6.07) is 2.03. The lowest BCUT2D eigenvalue weighted by Crippen LogP contribution is -2.37. The van der Waals surface area contributed by atoms with Gasteiger partial charge in [-0.1, -0.05) is 6.92 Å². The van der Waals surface area contributed by atoms with E-state index >= 15 is 0 Å². The highest BCUT2D eigenvalue weighted by Crippen LogP contribution is 2.28. The van der Waals surface area contributed by atoms with Crippen LogP contribution in [0.1, 0.15) is 49.3 Å². The number of nitrogens with one attached hydrogen (secondary N) is 1. The summed E-state index contributed by atoms with van der Waals surface area (Å²) in [6.07, 6.45) is 4.30. The quantitative estimate of drug-likeness (QED) is 0.945. The molecule has 1 N–H and O–H groups in total. The molecule has 3 rings (SSSR count). The summed E-state index contributed by atoms with van der Waals surface area (Å²) >= 11 is 0. The van der Waals surface area contributed by atoms with Crippen LogP contribution in [-0.4, -0.2) is 43.8 Å². The zero-order valence-electron chi connectivity index (χ0n) is 14.0. The molecule has 0 atom stereocenters. The molecule has 122 valence electrons. The third-order valence-corrected chi connectivity index (χ3v) is 4.37. The van der Waals surface area contributed by atoms with Gasteiger partial charge < -0.3 is 9.88 Å². The molecule has 0 bridgehead atoms. The van der Waals surface area contributed by atoms with Crippen LogP contribution in [0.25, 0.3) is 11.5 Å². The van der Waals surface area contributed by atoms with Crippen LogP contribution in [0.5, 0.6) is 0 Å². The van der Waals surface area contributed by atoms with E-state index in [2.05, 4.69) is 19.9 Å². The van der Waals surface area contributed by atoms with Crippen molar-refractivity contribution >= 4 is 5.91 Å². The van der Waals surface area contributed by atoms with E-state index in [1.807, 2.05) is 31.7 Å². The Hall–Kier alpha value is -2.24. The van der Waals surface area contributed by atoms with Crippen molar-refractivity contribution in [3.05, 3.63) is 29.5 Å². The molecule has 6 heteroatoms. The Kier molecular flexibility index (Phi) is 4.41. The van der Waals surface area contributed by atoms with Crippen molar-refractivity contribution in [1.82, 2.24) is 24.8 Å². The minimum atomic E-state index is 0.245. The van der Waals surface area contributed by atoms with E-state index in [9.17, 15) is 4.79 Å². The van der Waals surface area contributed by atoms with Crippen LogP contribution >= 0.6 is 0 Å². The number of likely N-dealkylation sites (tertiary alicyclic amines) is 1. The van der Waals surface area contributed by atoms with Gasteiger partial charge in [0.1, 0.15) is 11.5 Å². The van der Waals surface area contributed by atoms with Crippen LogP contribution in [0.2, 0.25) is 0 Å². The second-order valence-electron chi connectivity index (χ2n) is 6.15. The third-order valence-electron chi connectivity index (χ3n) is 4.37. The van der Waals surface area contributed by atoms with Gasteiger partial charge in [-0.05, 0) is 32.8 Å². The van der Waals surface area contributed by atoms with Crippen molar-refractivity contribution in [1.29, 1.82) is 0 Å². The van der Waals surface area contributed by atoms with Gasteiger partial charge in [-0.15, -0.1) is 0 Å². The first kappa shape index (κ1) is 15.6. The van der Waals surface area contributed by atoms with Gasteiger partial charge in [0.15, 0.2) is 5.82 Å². The van der Waals surface area contributed by atoms with Crippen molar-refractivity contribution in [2.45, 2.75) is 46.0 Å². The van der Waals surface area contributed by atoms with E-state index in [-0.39, 0.29) is 5.91 Å². The number of imidazole rings is 1. The lowest BCUT2D eigenvalue weighted by molar-refractivity contribution is -0.131. The number of aromatic nitrogens is 4. The number of aryl methyl sites for hydroxylation is 2. The van der Waals surface area contributed by atoms with Crippen molar-refractivity contribution in [3.8, 4) is 11.5 Å². The van der Waals surface area contributed by atoms with Crippen LogP contribution in [-0.2, 0) is 4.79 Å². The van der Waals surface area contributed by atoms with Crippen molar-refractivity contribution < 1.29 is 4.79 Å². The van der Waals surface area contributed by atoms with Crippen molar-refractivity contribution in [2.75, 3.05) is 13.1 Å². The fourth-order valence-corrected chi connectivity index (χ4v) is 3.11. The molecule has 3 heterocycles. The van der Waals surface area contributed by atoms with Gasteiger partial charge in [0.25, 0.3) is 0 Å². The molecular weight excluding hydrogens is 290 g/mol. The Balaban J connectivity index is 1.79. The second kappa shape index (κ2) is 6.48. The number of piperidine rings is 1. The van der Waals surface area contributed by atoms with E-state index in [0.717, 1.165) is 54.7 Å². The van der Waals surface area contributed by atoms with Crippen LogP contribution < -0.4 is 0 Å². The minimum Gasteiger partial charge on any atom is -0.343 e. The van der Waals surface area contributed by atoms with Gasteiger partial charge in [0, 0.05) is 43.0 Å². The Labute approximate surface area is 136 Å². The number of hydrogen-bond acceptors (Lipinski definition) is 4. The van der Waals surface area contributed by atoms with E-state index in [1.165, 1.54) is 0 Å². The number of rotatable bonds is 3. The summed E-state index contributed by atoms with van der Waals surface area (Å²) < 4.78 is 0. The summed E-state index contributed by atoms with van der Waals surface area (Å²) in [7, 11) is 0. The Bertz CT molecular complexity index is 701. The zero-order valence-corrected chi connectivity index (χ0v) is 14.0. The maximum Gasteiger partial charge on any atom is 0.222 e. The largest absolute Gasteiger partial charge is 0.343 e. The molecule has 1 fully saturated rings. The normalized spacial score (nSPS) is 15.9. The number of hydrogen-bond donors (Lipinski definition) is 1. The number of nitrogens with zero attached hydrogens (tertiary/aromatic N) is 4. The van der Waals surface area contributed by atoms with Gasteiger partial charge in [-0.25, -0.2) is 15.0 Å². The fourth-order valence-electron chi connectivity index (χ4n) is 3.11. The lowest BCUT2D eigenvalue weighted by atomic mass is 9.92. The highest BCUT2D eigenvalue weighted by atomic mass is 16.2. The SMILES string of the molecule is CCC(=O)N1CCC(c2cc(-c3ncc(C)[nH]3)nc(C)n2)CC1. The number of aromatic amines is 1. The third kappa shape index (κ3) is 3.41. The minimum absolute atomic E-state index is 0.245. The average molecular weight is 313 g/mol. The molecule has 0 unspecified atom stereocenters. The predicted octanol–water partition coefficient (Wildman–Crippen LogP) is 2.60. The topological polar surface area (TPSA) is 74.8 Å². The molecule has 23 heavy (non-hydrogen) atoms. The fraction of sp³-hybridized carbons (Fsp3) is 0.529. The van der Waals surface area contributed by atoms with E-state index < -0.39 is 0 Å². The molecule has 0 spiro atoms. The molecular formula is C17H23N5O. The number of carbonyl (C=O) groups is 1. The zero-order chi connectivity index (χ0) is 16.4. The second-order valence-corrected chi connectivity index (χ2v) is 6.15. The molecule has 2 aromatic heterocycles. The predicted molar refractivity (Wildman–Crippen MR) is 87.9 cm³/mol. The summed E-state index contributed by atoms with van der Waals surface area (Å²) in [6.45, 7) is 7.44.